The third-order valence-electron chi connectivity index (χ3n) is 4.62. The summed E-state index contributed by atoms with van der Waals surface area (Å²) in [7, 11) is 0. The second kappa shape index (κ2) is 6.18. The van der Waals surface area contributed by atoms with Crippen LogP contribution in [0.25, 0.3) is 0 Å². The van der Waals surface area contributed by atoms with Gasteiger partial charge in [0.25, 0.3) is 0 Å². The molecular weight excluding hydrogens is 222 g/mol. The maximum atomic E-state index is 6.11. The Morgan fingerprint density at radius 3 is 2.61 bits per heavy atom. The van der Waals surface area contributed by atoms with Crippen molar-refractivity contribution < 1.29 is 0 Å². The zero-order valence-electron chi connectivity index (χ0n) is 12.0. The van der Waals surface area contributed by atoms with E-state index < -0.39 is 0 Å². The number of nitrogens with two attached hydrogens (primary N) is 1. The first kappa shape index (κ1) is 14.0. The molecule has 3 N–H and O–H groups in total. The minimum Gasteiger partial charge on any atom is -0.329 e. The Kier molecular flexibility index (Phi) is 4.82. The monoisotopic (exact) mass is 251 g/mol. The van der Waals surface area contributed by atoms with Crippen LogP contribution in [0.4, 0.5) is 0 Å². The van der Waals surface area contributed by atoms with Crippen LogP contribution in [0.3, 0.4) is 0 Å². The summed E-state index contributed by atoms with van der Waals surface area (Å²) in [4.78, 5) is 2.59. The molecule has 0 aromatic carbocycles. The van der Waals surface area contributed by atoms with Gasteiger partial charge in [0.2, 0.25) is 0 Å². The third kappa shape index (κ3) is 3.34. The lowest BCUT2D eigenvalue weighted by Crippen LogP contribution is -2.55. The second-order valence-corrected chi connectivity index (χ2v) is 6.25. The zero-order chi connectivity index (χ0) is 13.0. The van der Waals surface area contributed by atoms with Crippen molar-refractivity contribution in [2.75, 3.05) is 19.6 Å². The fourth-order valence-corrected chi connectivity index (χ4v) is 3.31. The Morgan fingerprint density at radius 1 is 1.28 bits per heavy atom. The molecule has 1 aliphatic carbocycles. The standard InChI is InChI=1S/C15H29N3/c1-13(2)18-10-5-8-15(12-16,9-11-18)17-14-6-3-4-7-14/h3-4,13-14,17H,5-12,16H2,1-2H3. The van der Waals surface area contributed by atoms with Gasteiger partial charge in [-0.15, -0.1) is 0 Å². The van der Waals surface area contributed by atoms with E-state index in [0.29, 0.717) is 12.1 Å². The van der Waals surface area contributed by atoms with Gasteiger partial charge in [-0.3, -0.25) is 0 Å². The van der Waals surface area contributed by atoms with Crippen LogP contribution in [0, 0.1) is 0 Å². The van der Waals surface area contributed by atoms with Crippen molar-refractivity contribution >= 4 is 0 Å². The molecule has 1 saturated heterocycles. The van der Waals surface area contributed by atoms with Crippen LogP contribution in [-0.2, 0) is 0 Å². The van der Waals surface area contributed by atoms with Gasteiger partial charge < -0.3 is 16.0 Å². The summed E-state index contributed by atoms with van der Waals surface area (Å²) in [5.74, 6) is 0. The topological polar surface area (TPSA) is 41.3 Å². The van der Waals surface area contributed by atoms with Crippen molar-refractivity contribution in [2.24, 2.45) is 5.73 Å². The fourth-order valence-electron chi connectivity index (χ4n) is 3.31. The first-order valence-electron chi connectivity index (χ1n) is 7.52. The van der Waals surface area contributed by atoms with E-state index in [-0.39, 0.29) is 5.54 Å². The minimum atomic E-state index is 0.181. The fraction of sp³-hybridized carbons (Fsp3) is 0.867. The Labute approximate surface area is 112 Å². The highest BCUT2D eigenvalue weighted by molar-refractivity contribution is 5.03. The predicted molar refractivity (Wildman–Crippen MR) is 77.6 cm³/mol. The lowest BCUT2D eigenvalue weighted by molar-refractivity contribution is 0.213. The lowest BCUT2D eigenvalue weighted by atomic mass is 9.89. The molecule has 3 nitrogen and oxygen atoms in total. The highest BCUT2D eigenvalue weighted by Crippen LogP contribution is 2.25. The number of hydrogen-bond acceptors (Lipinski definition) is 3. The third-order valence-corrected chi connectivity index (χ3v) is 4.62. The first-order valence-corrected chi connectivity index (χ1v) is 7.52. The molecule has 3 heteroatoms. The number of hydrogen-bond donors (Lipinski definition) is 2. The van der Waals surface area contributed by atoms with Crippen LogP contribution in [0.15, 0.2) is 12.2 Å². The molecule has 0 saturated carbocycles. The summed E-state index contributed by atoms with van der Waals surface area (Å²) < 4.78 is 0. The van der Waals surface area contributed by atoms with E-state index in [1.165, 1.54) is 45.2 Å². The van der Waals surface area contributed by atoms with Crippen LogP contribution < -0.4 is 11.1 Å². The maximum absolute atomic E-state index is 6.11. The Morgan fingerprint density at radius 2 is 2.00 bits per heavy atom. The number of nitrogens with zero attached hydrogens (tertiary/aromatic N) is 1. The average Bonchev–Trinajstić information content (AvgIpc) is 2.75. The van der Waals surface area contributed by atoms with Gasteiger partial charge in [0.05, 0.1) is 0 Å². The molecule has 1 atom stereocenters. The molecule has 104 valence electrons. The summed E-state index contributed by atoms with van der Waals surface area (Å²) in [6.45, 7) is 7.77. The highest BCUT2D eigenvalue weighted by atomic mass is 15.2. The average molecular weight is 251 g/mol. The molecule has 0 aromatic heterocycles. The SMILES string of the molecule is CC(C)N1CCCC(CN)(NC2CC=CC2)CC1. The first-order chi connectivity index (χ1) is 8.65. The predicted octanol–water partition coefficient (Wildman–Crippen LogP) is 1.89. The van der Waals surface area contributed by atoms with Gasteiger partial charge in [-0.05, 0) is 52.5 Å². The molecule has 0 spiro atoms. The summed E-state index contributed by atoms with van der Waals surface area (Å²) in [5, 5.41) is 3.87. The quantitative estimate of drug-likeness (QED) is 0.750. The summed E-state index contributed by atoms with van der Waals surface area (Å²) >= 11 is 0. The normalized spacial score (nSPS) is 31.1. The minimum absolute atomic E-state index is 0.181. The van der Waals surface area contributed by atoms with Gasteiger partial charge in [-0.25, -0.2) is 0 Å². The van der Waals surface area contributed by atoms with Crippen LogP contribution >= 0.6 is 0 Å². The molecule has 1 aliphatic heterocycles. The number of likely N-dealkylation sites (tertiary alicyclic amines) is 1. The lowest BCUT2D eigenvalue weighted by Gasteiger charge is -2.36. The Hall–Kier alpha value is -0.380. The van der Waals surface area contributed by atoms with E-state index >= 15 is 0 Å². The molecule has 2 aliphatic rings. The van der Waals surface area contributed by atoms with Crippen molar-refractivity contribution in [3.8, 4) is 0 Å². The van der Waals surface area contributed by atoms with Gasteiger partial charge in [-0.2, -0.15) is 0 Å². The summed E-state index contributed by atoms with van der Waals surface area (Å²) in [6.07, 6.45) is 10.6. The van der Waals surface area contributed by atoms with E-state index in [1.807, 2.05) is 0 Å². The Balaban J connectivity index is 1.94. The van der Waals surface area contributed by atoms with Crippen molar-refractivity contribution in [3.63, 3.8) is 0 Å². The molecule has 0 aromatic rings. The van der Waals surface area contributed by atoms with Crippen molar-refractivity contribution in [2.45, 2.75) is 63.6 Å². The second-order valence-electron chi connectivity index (χ2n) is 6.25. The van der Waals surface area contributed by atoms with Gasteiger partial charge >= 0.3 is 0 Å². The van der Waals surface area contributed by atoms with Crippen molar-refractivity contribution in [1.82, 2.24) is 10.2 Å². The van der Waals surface area contributed by atoms with Crippen LogP contribution in [0.5, 0.6) is 0 Å². The maximum Gasteiger partial charge on any atom is 0.0319 e. The molecule has 18 heavy (non-hydrogen) atoms. The molecule has 1 fully saturated rings. The zero-order valence-corrected chi connectivity index (χ0v) is 12.0. The molecular formula is C15H29N3. The molecule has 0 bridgehead atoms. The van der Waals surface area contributed by atoms with E-state index in [2.05, 4.69) is 36.2 Å². The highest BCUT2D eigenvalue weighted by Gasteiger charge is 2.33. The largest absolute Gasteiger partial charge is 0.329 e. The smallest absolute Gasteiger partial charge is 0.0319 e. The van der Waals surface area contributed by atoms with Gasteiger partial charge in [0.1, 0.15) is 0 Å². The van der Waals surface area contributed by atoms with Crippen LogP contribution in [0.1, 0.15) is 46.0 Å². The number of nitrogens with one attached hydrogen (secondary N) is 1. The van der Waals surface area contributed by atoms with Gasteiger partial charge in [0.15, 0.2) is 0 Å². The molecule has 2 rings (SSSR count). The number of rotatable bonds is 4. The van der Waals surface area contributed by atoms with E-state index in [4.69, 9.17) is 5.73 Å². The van der Waals surface area contributed by atoms with Gasteiger partial charge in [-0.1, -0.05) is 12.2 Å². The van der Waals surface area contributed by atoms with E-state index in [0.717, 1.165) is 6.54 Å². The Bertz CT molecular complexity index is 279. The molecule has 1 heterocycles. The van der Waals surface area contributed by atoms with Crippen molar-refractivity contribution in [1.29, 1.82) is 0 Å². The molecule has 1 unspecified atom stereocenters. The van der Waals surface area contributed by atoms with E-state index in [1.54, 1.807) is 0 Å². The summed E-state index contributed by atoms with van der Waals surface area (Å²) in [6, 6.07) is 1.28. The van der Waals surface area contributed by atoms with Gasteiger partial charge in [0, 0.05) is 30.7 Å². The van der Waals surface area contributed by atoms with Crippen LogP contribution in [0.2, 0.25) is 0 Å². The molecule has 0 amide bonds. The van der Waals surface area contributed by atoms with Crippen LogP contribution in [-0.4, -0.2) is 42.2 Å². The summed E-state index contributed by atoms with van der Waals surface area (Å²) in [5.41, 5.74) is 6.29. The van der Waals surface area contributed by atoms with Crippen molar-refractivity contribution in [3.05, 3.63) is 12.2 Å². The van der Waals surface area contributed by atoms with E-state index in [9.17, 15) is 0 Å². The molecule has 0 radical (unpaired) electrons.